The number of amides is 1. The van der Waals surface area contributed by atoms with Gasteiger partial charge in [0.25, 0.3) is 0 Å². The van der Waals surface area contributed by atoms with Gasteiger partial charge in [-0.3, -0.25) is 4.79 Å². The van der Waals surface area contributed by atoms with Crippen LogP contribution in [-0.2, 0) is 14.1 Å². The van der Waals surface area contributed by atoms with Crippen molar-refractivity contribution in [2.24, 2.45) is 0 Å². The van der Waals surface area contributed by atoms with Crippen molar-refractivity contribution in [1.82, 2.24) is 0 Å². The van der Waals surface area contributed by atoms with Gasteiger partial charge in [0.15, 0.2) is 0 Å². The minimum atomic E-state index is -0.472. The highest BCUT2D eigenvalue weighted by Gasteiger charge is 2.26. The van der Waals surface area contributed by atoms with Crippen molar-refractivity contribution < 1.29 is 14.1 Å². The van der Waals surface area contributed by atoms with Crippen molar-refractivity contribution in [2.45, 2.75) is 26.4 Å². The standard InChI is InChI=1S/C14H20BNO3/c1-6-13(17)16-12-9-7-8-11(10-12)15(18-5)19-14(2,3)4/h6-10H,1H2,2-5H3,(H,16,17). The van der Waals surface area contributed by atoms with Crippen LogP contribution in [0.4, 0.5) is 5.69 Å². The summed E-state index contributed by atoms with van der Waals surface area (Å²) in [5.41, 5.74) is 1.21. The van der Waals surface area contributed by atoms with Crippen LogP contribution in [0, 0.1) is 0 Å². The maximum Gasteiger partial charge on any atom is 0.494 e. The van der Waals surface area contributed by atoms with E-state index in [2.05, 4.69) is 11.9 Å². The number of carbonyl (C=O) groups excluding carboxylic acids is 1. The summed E-state index contributed by atoms with van der Waals surface area (Å²) in [6.45, 7) is 9.30. The first-order valence-electron chi connectivity index (χ1n) is 6.09. The minimum absolute atomic E-state index is 0.247. The third kappa shape index (κ3) is 5.28. The fraction of sp³-hybridized carbons (Fsp3) is 0.357. The third-order valence-electron chi connectivity index (χ3n) is 2.29. The van der Waals surface area contributed by atoms with Gasteiger partial charge >= 0.3 is 7.12 Å². The fourth-order valence-electron chi connectivity index (χ4n) is 1.53. The van der Waals surface area contributed by atoms with Gasteiger partial charge < -0.3 is 14.6 Å². The van der Waals surface area contributed by atoms with Crippen LogP contribution >= 0.6 is 0 Å². The van der Waals surface area contributed by atoms with Crippen molar-refractivity contribution in [3.05, 3.63) is 36.9 Å². The molecule has 1 aromatic carbocycles. The van der Waals surface area contributed by atoms with Gasteiger partial charge in [-0.05, 0) is 44.4 Å². The maximum absolute atomic E-state index is 11.3. The van der Waals surface area contributed by atoms with Gasteiger partial charge in [-0.25, -0.2) is 0 Å². The predicted octanol–water partition coefficient (Wildman–Crippen LogP) is 1.97. The molecular weight excluding hydrogens is 241 g/mol. The Morgan fingerprint density at radius 3 is 2.63 bits per heavy atom. The first kappa shape index (κ1) is 15.5. The van der Waals surface area contributed by atoms with E-state index in [0.29, 0.717) is 5.69 Å². The molecule has 5 heteroatoms. The van der Waals surface area contributed by atoms with Crippen LogP contribution in [-0.4, -0.2) is 25.7 Å². The van der Waals surface area contributed by atoms with Crippen molar-refractivity contribution in [3.63, 3.8) is 0 Å². The lowest BCUT2D eigenvalue weighted by molar-refractivity contribution is -0.111. The molecule has 1 aromatic rings. The number of hydrogen-bond donors (Lipinski definition) is 1. The minimum Gasteiger partial charge on any atom is -0.410 e. The average molecular weight is 261 g/mol. The van der Waals surface area contributed by atoms with E-state index in [-0.39, 0.29) is 11.5 Å². The SMILES string of the molecule is C=CC(=O)Nc1cccc(B(OC)OC(C)(C)C)c1. The summed E-state index contributed by atoms with van der Waals surface area (Å²) in [5.74, 6) is -0.247. The number of anilines is 1. The molecule has 19 heavy (non-hydrogen) atoms. The lowest BCUT2D eigenvalue weighted by atomic mass is 9.77. The number of nitrogens with one attached hydrogen (secondary N) is 1. The molecule has 0 radical (unpaired) electrons. The normalized spacial score (nSPS) is 10.9. The Morgan fingerprint density at radius 1 is 1.42 bits per heavy atom. The van der Waals surface area contributed by atoms with Crippen LogP contribution in [0.25, 0.3) is 0 Å². The Hall–Kier alpha value is -1.59. The van der Waals surface area contributed by atoms with Crippen molar-refractivity contribution in [3.8, 4) is 0 Å². The highest BCUT2D eigenvalue weighted by atomic mass is 16.6. The Labute approximate surface area is 114 Å². The molecule has 102 valence electrons. The Morgan fingerprint density at radius 2 is 2.11 bits per heavy atom. The van der Waals surface area contributed by atoms with E-state index in [4.69, 9.17) is 9.31 Å². The van der Waals surface area contributed by atoms with Crippen LogP contribution in [0.1, 0.15) is 20.8 Å². The Bertz CT molecular complexity index is 454. The van der Waals surface area contributed by atoms with E-state index >= 15 is 0 Å². The Kier molecular flexibility index (Phi) is 5.33. The van der Waals surface area contributed by atoms with Crippen LogP contribution < -0.4 is 10.8 Å². The van der Waals surface area contributed by atoms with Gasteiger partial charge in [0, 0.05) is 18.4 Å². The lowest BCUT2D eigenvalue weighted by Crippen LogP contribution is -2.42. The number of rotatable bonds is 5. The van der Waals surface area contributed by atoms with Crippen LogP contribution in [0.2, 0.25) is 0 Å². The lowest BCUT2D eigenvalue weighted by Gasteiger charge is -2.24. The summed E-state index contributed by atoms with van der Waals surface area (Å²) in [7, 11) is 1.12. The summed E-state index contributed by atoms with van der Waals surface area (Å²) >= 11 is 0. The van der Waals surface area contributed by atoms with Crippen molar-refractivity contribution >= 4 is 24.2 Å². The van der Waals surface area contributed by atoms with E-state index < -0.39 is 7.12 Å². The molecule has 0 aliphatic carbocycles. The molecule has 1 amide bonds. The number of benzene rings is 1. The maximum atomic E-state index is 11.3. The molecule has 0 spiro atoms. The predicted molar refractivity (Wildman–Crippen MR) is 78.5 cm³/mol. The first-order chi connectivity index (χ1) is 8.85. The molecule has 0 atom stereocenters. The summed E-state index contributed by atoms with van der Waals surface area (Å²) in [5, 5.41) is 2.71. The van der Waals surface area contributed by atoms with E-state index in [1.54, 1.807) is 13.2 Å². The molecule has 0 fully saturated rings. The number of carbonyl (C=O) groups is 1. The van der Waals surface area contributed by atoms with Crippen molar-refractivity contribution in [2.75, 3.05) is 12.4 Å². The Balaban J connectivity index is 2.89. The molecule has 0 saturated heterocycles. The molecular formula is C14H20BNO3. The second-order valence-corrected chi connectivity index (χ2v) is 5.12. The van der Waals surface area contributed by atoms with Gasteiger partial charge in [-0.15, -0.1) is 0 Å². The van der Waals surface area contributed by atoms with E-state index in [9.17, 15) is 4.79 Å². The third-order valence-corrected chi connectivity index (χ3v) is 2.29. The zero-order chi connectivity index (χ0) is 14.5. The molecule has 0 aromatic heterocycles. The zero-order valence-electron chi connectivity index (χ0n) is 11.9. The smallest absolute Gasteiger partial charge is 0.410 e. The molecule has 4 nitrogen and oxygen atoms in total. The second kappa shape index (κ2) is 6.54. The second-order valence-electron chi connectivity index (χ2n) is 5.12. The highest BCUT2D eigenvalue weighted by Crippen LogP contribution is 2.11. The van der Waals surface area contributed by atoms with E-state index in [0.717, 1.165) is 5.46 Å². The van der Waals surface area contributed by atoms with E-state index in [1.807, 2.05) is 39.0 Å². The van der Waals surface area contributed by atoms with Crippen LogP contribution in [0.3, 0.4) is 0 Å². The van der Waals surface area contributed by atoms with Gasteiger partial charge in [0.1, 0.15) is 0 Å². The number of hydrogen-bond acceptors (Lipinski definition) is 3. The van der Waals surface area contributed by atoms with Crippen LogP contribution in [0.5, 0.6) is 0 Å². The van der Waals surface area contributed by atoms with Gasteiger partial charge in [-0.1, -0.05) is 18.7 Å². The molecule has 0 unspecified atom stereocenters. The van der Waals surface area contributed by atoms with Gasteiger partial charge in [0.05, 0.1) is 0 Å². The molecule has 0 bridgehead atoms. The first-order valence-corrected chi connectivity index (χ1v) is 6.09. The quantitative estimate of drug-likeness (QED) is 0.651. The van der Waals surface area contributed by atoms with Gasteiger partial charge in [0.2, 0.25) is 5.91 Å². The highest BCUT2D eigenvalue weighted by molar-refractivity contribution is 6.61. The summed E-state index contributed by atoms with van der Waals surface area (Å²) in [6.07, 6.45) is 1.23. The molecule has 0 aliphatic rings. The van der Waals surface area contributed by atoms with Crippen molar-refractivity contribution in [1.29, 1.82) is 0 Å². The molecule has 1 rings (SSSR count). The summed E-state index contributed by atoms with van der Waals surface area (Å²) in [4.78, 5) is 11.3. The summed E-state index contributed by atoms with van der Waals surface area (Å²) in [6, 6.07) is 7.35. The van der Waals surface area contributed by atoms with Crippen LogP contribution in [0.15, 0.2) is 36.9 Å². The van der Waals surface area contributed by atoms with Gasteiger partial charge in [-0.2, -0.15) is 0 Å². The molecule has 0 aliphatic heterocycles. The molecule has 0 saturated carbocycles. The largest absolute Gasteiger partial charge is 0.494 e. The van der Waals surface area contributed by atoms with E-state index in [1.165, 1.54) is 6.08 Å². The molecule has 1 N–H and O–H groups in total. The average Bonchev–Trinajstić information content (AvgIpc) is 2.35. The monoisotopic (exact) mass is 261 g/mol. The molecule has 0 heterocycles. The topological polar surface area (TPSA) is 47.6 Å². The zero-order valence-corrected chi connectivity index (χ0v) is 11.9. The fourth-order valence-corrected chi connectivity index (χ4v) is 1.53. The summed E-state index contributed by atoms with van der Waals surface area (Å²) < 4.78 is 11.1.